The summed E-state index contributed by atoms with van der Waals surface area (Å²) in [7, 11) is 0. The maximum atomic E-state index is 12.6. The molecule has 1 aromatic carbocycles. The Hall–Kier alpha value is -0.930. The lowest BCUT2D eigenvalue weighted by Gasteiger charge is -2.02. The van der Waals surface area contributed by atoms with Crippen molar-refractivity contribution in [2.24, 2.45) is 0 Å². The molecule has 2 N–H and O–H groups in total. The lowest BCUT2D eigenvalue weighted by molar-refractivity contribution is -0.671. The molecule has 15 heavy (non-hydrogen) atoms. The van der Waals surface area contributed by atoms with Crippen LogP contribution < -0.4 is 5.32 Å². The summed E-state index contributed by atoms with van der Waals surface area (Å²) in [6.45, 7) is 5.58. The average molecular weight is 212 g/mol. The van der Waals surface area contributed by atoms with E-state index in [1.54, 1.807) is 0 Å². The van der Waals surface area contributed by atoms with Gasteiger partial charge in [-0.2, -0.15) is 0 Å². The minimum Gasteiger partial charge on any atom is -0.382 e. The van der Waals surface area contributed by atoms with Crippen molar-refractivity contribution in [3.05, 3.63) is 35.6 Å². The molecule has 0 saturated heterocycles. The van der Waals surface area contributed by atoms with Gasteiger partial charge in [0.1, 0.15) is 12.4 Å². The molecular weight excluding hydrogens is 193 g/mol. The van der Waals surface area contributed by atoms with Crippen LogP contribution in [0.1, 0.15) is 18.9 Å². The second kappa shape index (κ2) is 7.37. The van der Waals surface area contributed by atoms with Gasteiger partial charge in [0.05, 0.1) is 13.2 Å². The Morgan fingerprint density at radius 1 is 1.27 bits per heavy atom. The summed E-state index contributed by atoms with van der Waals surface area (Å²) in [5.74, 6) is -0.171. The molecule has 0 fully saturated rings. The number of halogens is 1. The molecule has 0 bridgehead atoms. The zero-order valence-corrected chi connectivity index (χ0v) is 9.21. The number of hydrogen-bond acceptors (Lipinski definition) is 1. The monoisotopic (exact) mass is 212 g/mol. The lowest BCUT2D eigenvalue weighted by atomic mass is 10.2. The van der Waals surface area contributed by atoms with Gasteiger partial charge in [-0.15, -0.1) is 0 Å². The van der Waals surface area contributed by atoms with Crippen LogP contribution in [0.25, 0.3) is 0 Å². The van der Waals surface area contributed by atoms with Crippen molar-refractivity contribution in [3.8, 4) is 0 Å². The number of rotatable bonds is 7. The van der Waals surface area contributed by atoms with E-state index in [2.05, 4.69) is 5.32 Å². The fourth-order valence-electron chi connectivity index (χ4n) is 1.36. The molecule has 0 unspecified atom stereocenters. The van der Waals surface area contributed by atoms with Gasteiger partial charge in [-0.1, -0.05) is 12.1 Å². The molecule has 0 saturated carbocycles. The first-order chi connectivity index (χ1) is 7.33. The van der Waals surface area contributed by atoms with Crippen molar-refractivity contribution in [2.45, 2.75) is 19.9 Å². The molecule has 0 spiro atoms. The minimum absolute atomic E-state index is 0.171. The van der Waals surface area contributed by atoms with Crippen LogP contribution in [0.4, 0.5) is 4.39 Å². The van der Waals surface area contributed by atoms with Crippen molar-refractivity contribution in [2.75, 3.05) is 19.8 Å². The van der Waals surface area contributed by atoms with Gasteiger partial charge in [0, 0.05) is 18.6 Å². The maximum absolute atomic E-state index is 12.6. The summed E-state index contributed by atoms with van der Waals surface area (Å²) in [5, 5.41) is 2.21. The molecule has 1 aromatic rings. The Morgan fingerprint density at radius 2 is 2.00 bits per heavy atom. The van der Waals surface area contributed by atoms with Gasteiger partial charge in [0.2, 0.25) is 0 Å². The first-order valence-corrected chi connectivity index (χ1v) is 5.46. The largest absolute Gasteiger partial charge is 0.382 e. The van der Waals surface area contributed by atoms with E-state index in [4.69, 9.17) is 4.74 Å². The fraction of sp³-hybridized carbons (Fsp3) is 0.500. The predicted octanol–water partition coefficient (Wildman–Crippen LogP) is 1.32. The summed E-state index contributed by atoms with van der Waals surface area (Å²) in [6.07, 6.45) is 1.06. The van der Waals surface area contributed by atoms with E-state index in [0.29, 0.717) is 0 Å². The van der Waals surface area contributed by atoms with Gasteiger partial charge < -0.3 is 10.1 Å². The summed E-state index contributed by atoms with van der Waals surface area (Å²) in [6, 6.07) is 6.66. The molecule has 2 nitrogen and oxygen atoms in total. The summed E-state index contributed by atoms with van der Waals surface area (Å²) in [5.41, 5.74) is 1.16. The summed E-state index contributed by atoms with van der Waals surface area (Å²) in [4.78, 5) is 0. The highest BCUT2D eigenvalue weighted by Crippen LogP contribution is 2.00. The zero-order chi connectivity index (χ0) is 10.9. The highest BCUT2D eigenvalue weighted by Gasteiger charge is 1.96. The van der Waals surface area contributed by atoms with Crippen molar-refractivity contribution in [1.82, 2.24) is 0 Å². The number of quaternary nitrogens is 1. The molecule has 0 amide bonds. The quantitative estimate of drug-likeness (QED) is 0.678. The normalized spacial score (nSPS) is 10.5. The SMILES string of the molecule is CCOCCC[NH2+]Cc1ccc(F)cc1. The van der Waals surface area contributed by atoms with E-state index in [-0.39, 0.29) is 5.82 Å². The van der Waals surface area contributed by atoms with Gasteiger partial charge in [-0.3, -0.25) is 0 Å². The number of benzene rings is 1. The standard InChI is InChI=1S/C12H18FNO/c1-2-15-9-3-8-14-10-11-4-6-12(13)7-5-11/h4-7,14H,2-3,8-10H2,1H3/p+1. The van der Waals surface area contributed by atoms with E-state index < -0.39 is 0 Å². The molecule has 0 aliphatic carbocycles. The van der Waals surface area contributed by atoms with E-state index in [0.717, 1.165) is 38.3 Å². The highest BCUT2D eigenvalue weighted by atomic mass is 19.1. The van der Waals surface area contributed by atoms with E-state index in [1.807, 2.05) is 19.1 Å². The van der Waals surface area contributed by atoms with Crippen molar-refractivity contribution in [1.29, 1.82) is 0 Å². The van der Waals surface area contributed by atoms with Crippen LogP contribution in [0.3, 0.4) is 0 Å². The number of nitrogens with two attached hydrogens (primary N) is 1. The van der Waals surface area contributed by atoms with E-state index in [9.17, 15) is 4.39 Å². The molecule has 0 aromatic heterocycles. The molecule has 0 atom stereocenters. The van der Waals surface area contributed by atoms with Crippen LogP contribution in [0, 0.1) is 5.82 Å². The molecule has 84 valence electrons. The van der Waals surface area contributed by atoms with Gasteiger partial charge in [0.15, 0.2) is 0 Å². The second-order valence-electron chi connectivity index (χ2n) is 3.46. The smallest absolute Gasteiger partial charge is 0.123 e. The fourth-order valence-corrected chi connectivity index (χ4v) is 1.36. The van der Waals surface area contributed by atoms with Crippen molar-refractivity contribution in [3.63, 3.8) is 0 Å². The molecule has 0 heterocycles. The van der Waals surface area contributed by atoms with E-state index in [1.165, 1.54) is 12.1 Å². The summed E-state index contributed by atoms with van der Waals surface area (Å²) >= 11 is 0. The maximum Gasteiger partial charge on any atom is 0.123 e. The van der Waals surface area contributed by atoms with Gasteiger partial charge in [-0.25, -0.2) is 4.39 Å². The van der Waals surface area contributed by atoms with Crippen LogP contribution in [-0.2, 0) is 11.3 Å². The topological polar surface area (TPSA) is 25.8 Å². The molecule has 3 heteroatoms. The molecule has 0 aliphatic heterocycles. The zero-order valence-electron chi connectivity index (χ0n) is 9.21. The van der Waals surface area contributed by atoms with Crippen molar-refractivity contribution < 1.29 is 14.4 Å². The predicted molar refractivity (Wildman–Crippen MR) is 58.0 cm³/mol. The van der Waals surface area contributed by atoms with Crippen molar-refractivity contribution >= 4 is 0 Å². The van der Waals surface area contributed by atoms with E-state index >= 15 is 0 Å². The minimum atomic E-state index is -0.171. The number of hydrogen-bond donors (Lipinski definition) is 1. The lowest BCUT2D eigenvalue weighted by Crippen LogP contribution is -2.82. The van der Waals surface area contributed by atoms with Crippen LogP contribution in [0.2, 0.25) is 0 Å². The second-order valence-corrected chi connectivity index (χ2v) is 3.46. The first kappa shape index (κ1) is 12.1. The third kappa shape index (κ3) is 5.50. The van der Waals surface area contributed by atoms with Crippen LogP contribution >= 0.6 is 0 Å². The van der Waals surface area contributed by atoms with Crippen LogP contribution in [0.15, 0.2) is 24.3 Å². The third-order valence-corrected chi connectivity index (χ3v) is 2.19. The van der Waals surface area contributed by atoms with Crippen LogP contribution in [0.5, 0.6) is 0 Å². The van der Waals surface area contributed by atoms with Gasteiger partial charge in [-0.05, 0) is 19.1 Å². The first-order valence-electron chi connectivity index (χ1n) is 5.46. The van der Waals surface area contributed by atoms with Gasteiger partial charge >= 0.3 is 0 Å². The highest BCUT2D eigenvalue weighted by molar-refractivity contribution is 5.14. The third-order valence-electron chi connectivity index (χ3n) is 2.19. The Balaban J connectivity index is 2.07. The average Bonchev–Trinajstić information content (AvgIpc) is 2.26. The summed E-state index contributed by atoms with van der Waals surface area (Å²) < 4.78 is 17.8. The Kier molecular flexibility index (Phi) is 5.97. The van der Waals surface area contributed by atoms with Crippen LogP contribution in [-0.4, -0.2) is 19.8 Å². The number of ether oxygens (including phenoxy) is 1. The Bertz CT molecular complexity index is 261. The molecule has 0 radical (unpaired) electrons. The Labute approximate surface area is 90.4 Å². The Morgan fingerprint density at radius 3 is 2.67 bits per heavy atom. The molecule has 1 rings (SSSR count). The molecule has 0 aliphatic rings. The van der Waals surface area contributed by atoms with Gasteiger partial charge in [0.25, 0.3) is 0 Å². The molecular formula is C12H19FNO+.